The van der Waals surface area contributed by atoms with Gasteiger partial charge in [0.15, 0.2) is 0 Å². The Hall–Kier alpha value is -2.40. The van der Waals surface area contributed by atoms with Gasteiger partial charge in [0.1, 0.15) is 0 Å². The van der Waals surface area contributed by atoms with Gasteiger partial charge in [-0.25, -0.2) is 0 Å². The van der Waals surface area contributed by atoms with E-state index in [9.17, 15) is 4.79 Å². The molecule has 1 N–H and O–H groups in total. The Balaban J connectivity index is 1.89. The lowest BCUT2D eigenvalue weighted by Crippen LogP contribution is -2.39. The summed E-state index contributed by atoms with van der Waals surface area (Å²) in [6.45, 7) is 1.73. The molecule has 2 aromatic rings. The molecule has 0 saturated carbocycles. The van der Waals surface area contributed by atoms with Gasteiger partial charge in [-0.1, -0.05) is 48.5 Å². The lowest BCUT2D eigenvalue weighted by Gasteiger charge is -2.20. The number of rotatable bonds is 3. The van der Waals surface area contributed by atoms with Crippen molar-refractivity contribution in [3.8, 4) is 0 Å². The van der Waals surface area contributed by atoms with Crippen molar-refractivity contribution < 1.29 is 9.53 Å². The van der Waals surface area contributed by atoms with Gasteiger partial charge >= 0.3 is 0 Å². The van der Waals surface area contributed by atoms with Gasteiger partial charge in [0.2, 0.25) is 5.60 Å². The third-order valence-corrected chi connectivity index (χ3v) is 3.69. The molecule has 5 heteroatoms. The number of hydrogen-bond acceptors (Lipinski definition) is 4. The van der Waals surface area contributed by atoms with Crippen LogP contribution in [0.15, 0.2) is 60.7 Å². The third-order valence-electron chi connectivity index (χ3n) is 3.42. The van der Waals surface area contributed by atoms with E-state index < -0.39 is 5.60 Å². The minimum Gasteiger partial charge on any atom is -0.448 e. The van der Waals surface area contributed by atoms with E-state index in [0.29, 0.717) is 0 Å². The van der Waals surface area contributed by atoms with Crippen LogP contribution in [0.1, 0.15) is 12.5 Å². The van der Waals surface area contributed by atoms with Crippen molar-refractivity contribution in [2.75, 3.05) is 5.43 Å². The molecular weight excluding hydrogens is 284 g/mol. The van der Waals surface area contributed by atoms with Gasteiger partial charge in [0, 0.05) is 5.56 Å². The summed E-state index contributed by atoms with van der Waals surface area (Å²) in [5.74, 6) is -0.234. The van der Waals surface area contributed by atoms with Crippen LogP contribution in [0, 0.1) is 0 Å². The van der Waals surface area contributed by atoms with Crippen molar-refractivity contribution in [1.29, 1.82) is 0 Å². The van der Waals surface area contributed by atoms with E-state index in [2.05, 4.69) is 5.43 Å². The van der Waals surface area contributed by atoms with E-state index in [1.54, 1.807) is 6.92 Å². The number of amides is 1. The Morgan fingerprint density at radius 3 is 2.24 bits per heavy atom. The van der Waals surface area contributed by atoms with Crippen LogP contribution in [0.5, 0.6) is 0 Å². The maximum atomic E-state index is 12.7. The SMILES string of the molecule is C[C@@]1(c2ccccc2)OC(=S)N(Nc2ccccc2)C1=O. The van der Waals surface area contributed by atoms with Gasteiger partial charge in [-0.05, 0) is 31.3 Å². The van der Waals surface area contributed by atoms with E-state index >= 15 is 0 Å². The maximum Gasteiger partial charge on any atom is 0.297 e. The average molecular weight is 298 g/mol. The van der Waals surface area contributed by atoms with Crippen LogP contribution in [0.4, 0.5) is 5.69 Å². The Kier molecular flexibility index (Phi) is 3.35. The number of hydrogen-bond donors (Lipinski definition) is 1. The Bertz CT molecular complexity index is 675. The third kappa shape index (κ3) is 2.36. The van der Waals surface area contributed by atoms with Crippen molar-refractivity contribution in [3.63, 3.8) is 0 Å². The number of ether oxygens (including phenoxy) is 1. The number of thiocarbonyl (C=S) groups is 1. The van der Waals surface area contributed by atoms with Crippen molar-refractivity contribution >= 4 is 29.0 Å². The first-order valence-electron chi connectivity index (χ1n) is 6.56. The number of carbonyl (C=O) groups excluding carboxylic acids is 1. The Morgan fingerprint density at radius 2 is 1.62 bits per heavy atom. The van der Waals surface area contributed by atoms with Crippen LogP contribution >= 0.6 is 12.2 Å². The van der Waals surface area contributed by atoms with E-state index in [-0.39, 0.29) is 11.1 Å². The zero-order chi connectivity index (χ0) is 14.9. The Morgan fingerprint density at radius 1 is 1.05 bits per heavy atom. The summed E-state index contributed by atoms with van der Waals surface area (Å²) in [6.07, 6.45) is 0. The normalized spacial score (nSPS) is 21.3. The molecule has 1 aliphatic rings. The van der Waals surface area contributed by atoms with E-state index in [4.69, 9.17) is 17.0 Å². The average Bonchev–Trinajstić information content (AvgIpc) is 2.74. The van der Waals surface area contributed by atoms with Gasteiger partial charge in [-0.2, -0.15) is 5.01 Å². The molecular formula is C16H14N2O2S. The summed E-state index contributed by atoms with van der Waals surface area (Å²) < 4.78 is 5.68. The molecule has 1 saturated heterocycles. The molecule has 21 heavy (non-hydrogen) atoms. The summed E-state index contributed by atoms with van der Waals surface area (Å²) in [7, 11) is 0. The lowest BCUT2D eigenvalue weighted by atomic mass is 9.95. The van der Waals surface area contributed by atoms with Crippen LogP contribution in [0.3, 0.4) is 0 Å². The number of benzene rings is 2. The highest BCUT2D eigenvalue weighted by Crippen LogP contribution is 2.34. The molecule has 4 nitrogen and oxygen atoms in total. The predicted molar refractivity (Wildman–Crippen MR) is 84.4 cm³/mol. The minimum atomic E-state index is -1.10. The molecule has 0 spiro atoms. The molecule has 1 amide bonds. The zero-order valence-corrected chi connectivity index (χ0v) is 12.3. The quantitative estimate of drug-likeness (QED) is 0.884. The molecule has 1 aliphatic heterocycles. The summed E-state index contributed by atoms with van der Waals surface area (Å²) in [6, 6.07) is 18.7. The van der Waals surface area contributed by atoms with Crippen LogP contribution < -0.4 is 5.43 Å². The zero-order valence-electron chi connectivity index (χ0n) is 11.4. The lowest BCUT2D eigenvalue weighted by molar-refractivity contribution is -0.135. The van der Waals surface area contributed by atoms with E-state index in [0.717, 1.165) is 11.3 Å². The van der Waals surface area contributed by atoms with Crippen molar-refractivity contribution in [3.05, 3.63) is 66.2 Å². The summed E-state index contributed by atoms with van der Waals surface area (Å²) in [5.41, 5.74) is 3.43. The fourth-order valence-electron chi connectivity index (χ4n) is 2.24. The second kappa shape index (κ2) is 5.18. The highest BCUT2D eigenvalue weighted by Gasteiger charge is 2.50. The molecule has 1 atom stereocenters. The molecule has 0 unspecified atom stereocenters. The maximum absolute atomic E-state index is 12.7. The highest BCUT2D eigenvalue weighted by molar-refractivity contribution is 7.80. The second-order valence-electron chi connectivity index (χ2n) is 4.89. The fourth-order valence-corrected chi connectivity index (χ4v) is 2.53. The molecule has 1 heterocycles. The van der Waals surface area contributed by atoms with Gasteiger partial charge in [-0.15, -0.1) is 0 Å². The predicted octanol–water partition coefficient (Wildman–Crippen LogP) is 3.07. The van der Waals surface area contributed by atoms with Crippen LogP contribution in [0.2, 0.25) is 0 Å². The molecule has 0 aromatic heterocycles. The van der Waals surface area contributed by atoms with Crippen molar-refractivity contribution in [2.45, 2.75) is 12.5 Å². The van der Waals surface area contributed by atoms with Crippen molar-refractivity contribution in [1.82, 2.24) is 5.01 Å². The summed E-state index contributed by atoms with van der Waals surface area (Å²) in [5, 5.41) is 1.40. The topological polar surface area (TPSA) is 41.6 Å². The number of hydrazine groups is 1. The van der Waals surface area contributed by atoms with Crippen LogP contribution in [0.25, 0.3) is 0 Å². The molecule has 106 valence electrons. The first kappa shape index (κ1) is 13.6. The molecule has 0 aliphatic carbocycles. The van der Waals surface area contributed by atoms with E-state index in [1.807, 2.05) is 60.7 Å². The van der Waals surface area contributed by atoms with Gasteiger partial charge in [-0.3, -0.25) is 10.2 Å². The minimum absolute atomic E-state index is 0.121. The standard InChI is InChI=1S/C16H14N2O2S/c1-16(12-8-4-2-5-9-12)14(19)18(15(21)20-16)17-13-10-6-3-7-11-13/h2-11,17H,1H3/t16-/m0/s1. The van der Waals surface area contributed by atoms with E-state index in [1.165, 1.54) is 5.01 Å². The first-order valence-corrected chi connectivity index (χ1v) is 6.97. The first-order chi connectivity index (χ1) is 10.1. The van der Waals surface area contributed by atoms with Gasteiger partial charge in [0.05, 0.1) is 5.69 Å². The number of para-hydroxylation sites is 1. The van der Waals surface area contributed by atoms with Crippen molar-refractivity contribution in [2.24, 2.45) is 0 Å². The fraction of sp³-hybridized carbons (Fsp3) is 0.125. The molecule has 1 fully saturated rings. The van der Waals surface area contributed by atoms with Gasteiger partial charge < -0.3 is 4.74 Å². The highest BCUT2D eigenvalue weighted by atomic mass is 32.1. The smallest absolute Gasteiger partial charge is 0.297 e. The summed E-state index contributed by atoms with van der Waals surface area (Å²) in [4.78, 5) is 12.7. The van der Waals surface area contributed by atoms with Crippen LogP contribution in [-0.2, 0) is 15.1 Å². The molecule has 3 rings (SSSR count). The second-order valence-corrected chi connectivity index (χ2v) is 5.23. The largest absolute Gasteiger partial charge is 0.448 e. The molecule has 0 radical (unpaired) electrons. The molecule has 0 bridgehead atoms. The monoisotopic (exact) mass is 298 g/mol. The van der Waals surface area contributed by atoms with Gasteiger partial charge in [0.25, 0.3) is 11.1 Å². The van der Waals surface area contributed by atoms with Crippen LogP contribution in [-0.4, -0.2) is 16.1 Å². The number of nitrogens with zero attached hydrogens (tertiary/aromatic N) is 1. The number of nitrogens with one attached hydrogen (secondary N) is 1. The number of anilines is 1. The molecule has 2 aromatic carbocycles. The summed E-state index contributed by atoms with van der Waals surface area (Å²) >= 11 is 5.19. The number of carbonyl (C=O) groups is 1. The Labute approximate surface area is 128 Å².